The predicted octanol–water partition coefficient (Wildman–Crippen LogP) is 3.49. The van der Waals surface area contributed by atoms with Gasteiger partial charge in [-0.3, -0.25) is 4.98 Å². The third-order valence-corrected chi connectivity index (χ3v) is 5.95. The zero-order valence-corrected chi connectivity index (χ0v) is 16.7. The Labute approximate surface area is 173 Å². The van der Waals surface area contributed by atoms with Crippen molar-refractivity contribution in [3.63, 3.8) is 0 Å². The lowest BCUT2D eigenvalue weighted by Gasteiger charge is -2.09. The van der Waals surface area contributed by atoms with Crippen molar-refractivity contribution < 1.29 is 4.21 Å². The number of hydrogen-bond acceptors (Lipinski definition) is 5. The van der Waals surface area contributed by atoms with Crippen molar-refractivity contribution >= 4 is 45.8 Å². The fraction of sp³-hybridized carbons (Fsp3) is 0.0556. The van der Waals surface area contributed by atoms with Gasteiger partial charge in [-0.25, -0.2) is 13.4 Å². The normalized spacial score (nSPS) is 12.4. The van der Waals surface area contributed by atoms with Crippen LogP contribution in [0.2, 0.25) is 10.0 Å². The maximum Gasteiger partial charge on any atom is 0.240 e. The van der Waals surface area contributed by atoms with Crippen LogP contribution in [0.1, 0.15) is 5.56 Å². The maximum atomic E-state index is 12.7. The van der Waals surface area contributed by atoms with E-state index in [2.05, 4.69) is 19.8 Å². The standard InChI is InChI=1S/C18H14Cl2N6OS/c19-15-3-1-2-11(17(15)20)8-23-28(27)14-6-13(7-22-9-14)12-4-5-16-24-18(21)25-26(16)10-12/h1-7,9-10,23H,8H2,(H2,21,25). The molecule has 0 aliphatic carbocycles. The van der Waals surface area contributed by atoms with Crippen LogP contribution < -0.4 is 10.5 Å². The van der Waals surface area contributed by atoms with Crippen molar-refractivity contribution in [1.82, 2.24) is 24.3 Å². The topological polar surface area (TPSA) is 98.2 Å². The van der Waals surface area contributed by atoms with Crippen LogP contribution >= 0.6 is 23.2 Å². The van der Waals surface area contributed by atoms with Crippen molar-refractivity contribution in [2.45, 2.75) is 11.4 Å². The van der Waals surface area contributed by atoms with Gasteiger partial charge >= 0.3 is 0 Å². The number of aromatic nitrogens is 4. The van der Waals surface area contributed by atoms with Crippen LogP contribution in [0.15, 0.2) is 59.9 Å². The van der Waals surface area contributed by atoms with Crippen LogP contribution in [0.4, 0.5) is 5.95 Å². The molecule has 1 atom stereocenters. The molecule has 0 saturated carbocycles. The largest absolute Gasteiger partial charge is 0.366 e. The molecule has 1 aromatic carbocycles. The van der Waals surface area contributed by atoms with E-state index in [0.29, 0.717) is 27.1 Å². The van der Waals surface area contributed by atoms with E-state index in [-0.39, 0.29) is 5.95 Å². The van der Waals surface area contributed by atoms with E-state index in [0.717, 1.165) is 16.7 Å². The van der Waals surface area contributed by atoms with Gasteiger partial charge < -0.3 is 5.73 Å². The molecule has 0 radical (unpaired) electrons. The second-order valence-corrected chi connectivity index (χ2v) is 7.99. The van der Waals surface area contributed by atoms with E-state index < -0.39 is 11.0 Å². The molecule has 10 heteroatoms. The molecule has 3 aromatic heterocycles. The molecule has 0 saturated heterocycles. The number of fused-ring (bicyclic) bond motifs is 1. The number of halogens is 2. The quantitative estimate of drug-likeness (QED) is 0.502. The van der Waals surface area contributed by atoms with Crippen LogP contribution in [-0.4, -0.2) is 23.8 Å². The number of nitrogen functional groups attached to an aromatic ring is 1. The minimum absolute atomic E-state index is 0.203. The monoisotopic (exact) mass is 432 g/mol. The number of nitrogens with two attached hydrogens (primary N) is 1. The third-order valence-electron chi connectivity index (χ3n) is 4.03. The number of anilines is 1. The van der Waals surface area contributed by atoms with Crippen LogP contribution in [0.5, 0.6) is 0 Å². The minimum atomic E-state index is -1.47. The SMILES string of the molecule is Nc1nc2ccc(-c3cncc(S(=O)NCc4cccc(Cl)c4Cl)c3)cn2n1. The summed E-state index contributed by atoms with van der Waals surface area (Å²) >= 11 is 12.2. The number of nitrogens with one attached hydrogen (secondary N) is 1. The Morgan fingerprint density at radius 3 is 2.86 bits per heavy atom. The molecule has 4 aromatic rings. The van der Waals surface area contributed by atoms with Crippen molar-refractivity contribution in [2.75, 3.05) is 5.73 Å². The molecule has 0 bridgehead atoms. The van der Waals surface area contributed by atoms with Gasteiger partial charge in [0.25, 0.3) is 0 Å². The Morgan fingerprint density at radius 1 is 1.14 bits per heavy atom. The van der Waals surface area contributed by atoms with Crippen LogP contribution in [0.25, 0.3) is 16.8 Å². The Morgan fingerprint density at radius 2 is 2.00 bits per heavy atom. The van der Waals surface area contributed by atoms with Crippen molar-refractivity contribution in [3.05, 3.63) is 70.6 Å². The van der Waals surface area contributed by atoms with Crippen LogP contribution in [0, 0.1) is 0 Å². The molecule has 0 aliphatic rings. The highest BCUT2D eigenvalue weighted by Crippen LogP contribution is 2.26. The molecule has 142 valence electrons. The van der Waals surface area contributed by atoms with Gasteiger partial charge in [-0.1, -0.05) is 35.3 Å². The predicted molar refractivity (Wildman–Crippen MR) is 110 cm³/mol. The van der Waals surface area contributed by atoms with Gasteiger partial charge in [-0.15, -0.1) is 5.10 Å². The van der Waals surface area contributed by atoms with Crippen molar-refractivity contribution in [3.8, 4) is 11.1 Å². The molecule has 3 heterocycles. The van der Waals surface area contributed by atoms with Gasteiger partial charge in [0.15, 0.2) is 5.65 Å². The minimum Gasteiger partial charge on any atom is -0.366 e. The van der Waals surface area contributed by atoms with E-state index in [1.807, 2.05) is 18.2 Å². The highest BCUT2D eigenvalue weighted by Gasteiger charge is 2.10. The Hall–Kier alpha value is -2.52. The van der Waals surface area contributed by atoms with E-state index >= 15 is 0 Å². The summed E-state index contributed by atoms with van der Waals surface area (Å²) in [5.41, 5.74) is 8.68. The zero-order valence-electron chi connectivity index (χ0n) is 14.3. The summed E-state index contributed by atoms with van der Waals surface area (Å²) in [5.74, 6) is 0.203. The fourth-order valence-electron chi connectivity index (χ4n) is 2.66. The summed E-state index contributed by atoms with van der Waals surface area (Å²) in [4.78, 5) is 8.84. The molecule has 28 heavy (non-hydrogen) atoms. The first-order valence-electron chi connectivity index (χ1n) is 8.17. The second kappa shape index (κ2) is 7.84. The maximum absolute atomic E-state index is 12.7. The summed E-state index contributed by atoms with van der Waals surface area (Å²) in [6.07, 6.45) is 5.04. The average Bonchev–Trinajstić information content (AvgIpc) is 3.08. The Kier molecular flexibility index (Phi) is 5.27. The molecular weight excluding hydrogens is 419 g/mol. The van der Waals surface area contributed by atoms with Crippen LogP contribution in [-0.2, 0) is 17.5 Å². The molecule has 0 amide bonds. The number of rotatable bonds is 5. The summed E-state index contributed by atoms with van der Waals surface area (Å²) in [6, 6.07) is 10.8. The smallest absolute Gasteiger partial charge is 0.240 e. The van der Waals surface area contributed by atoms with E-state index in [4.69, 9.17) is 28.9 Å². The number of benzene rings is 1. The third kappa shape index (κ3) is 3.85. The van der Waals surface area contributed by atoms with E-state index in [9.17, 15) is 4.21 Å². The van der Waals surface area contributed by atoms with Gasteiger partial charge in [0.2, 0.25) is 5.95 Å². The first-order chi connectivity index (χ1) is 13.5. The summed E-state index contributed by atoms with van der Waals surface area (Å²) in [7, 11) is -1.47. The highest BCUT2D eigenvalue weighted by atomic mass is 35.5. The Bertz CT molecular complexity index is 1200. The van der Waals surface area contributed by atoms with E-state index in [1.165, 1.54) is 0 Å². The molecule has 0 aliphatic heterocycles. The number of hydrogen-bond donors (Lipinski definition) is 2. The molecule has 3 N–H and O–H groups in total. The summed E-state index contributed by atoms with van der Waals surface area (Å²) < 4.78 is 17.2. The summed E-state index contributed by atoms with van der Waals surface area (Å²) in [6.45, 7) is 0.306. The Balaban J connectivity index is 1.55. The zero-order chi connectivity index (χ0) is 19.7. The molecule has 4 rings (SSSR count). The first-order valence-corrected chi connectivity index (χ1v) is 10.1. The lowest BCUT2D eigenvalue weighted by atomic mass is 10.1. The van der Waals surface area contributed by atoms with Gasteiger partial charge in [0, 0.05) is 36.3 Å². The molecule has 0 spiro atoms. The van der Waals surface area contributed by atoms with Gasteiger partial charge in [-0.05, 0) is 29.8 Å². The van der Waals surface area contributed by atoms with Crippen molar-refractivity contribution in [1.29, 1.82) is 0 Å². The van der Waals surface area contributed by atoms with Gasteiger partial charge in [-0.2, -0.15) is 4.98 Å². The highest BCUT2D eigenvalue weighted by molar-refractivity contribution is 7.83. The second-order valence-electron chi connectivity index (χ2n) is 5.90. The molecular formula is C18H14Cl2N6OS. The van der Waals surface area contributed by atoms with Gasteiger partial charge in [0.05, 0.1) is 14.9 Å². The lowest BCUT2D eigenvalue weighted by molar-refractivity contribution is 0.671. The molecule has 7 nitrogen and oxygen atoms in total. The fourth-order valence-corrected chi connectivity index (χ4v) is 3.89. The first kappa shape index (κ1) is 18.8. The average molecular weight is 433 g/mol. The molecule has 1 unspecified atom stereocenters. The van der Waals surface area contributed by atoms with E-state index in [1.54, 1.807) is 41.3 Å². The van der Waals surface area contributed by atoms with Gasteiger partial charge in [0.1, 0.15) is 11.0 Å². The van der Waals surface area contributed by atoms with Crippen molar-refractivity contribution in [2.24, 2.45) is 0 Å². The number of pyridine rings is 2. The molecule has 0 fully saturated rings. The number of nitrogens with zero attached hydrogens (tertiary/aromatic N) is 4. The van der Waals surface area contributed by atoms with Crippen LogP contribution in [0.3, 0.4) is 0 Å². The lowest BCUT2D eigenvalue weighted by Crippen LogP contribution is -2.17. The summed E-state index contributed by atoms with van der Waals surface area (Å²) in [5, 5.41) is 5.01.